The highest BCUT2D eigenvalue weighted by Crippen LogP contribution is 2.35. The SMILES string of the molecule is COc1ccc(-c2cc(=O)c3c(O)cc(O[C@@H]4O[C@H](CO[C@@H]5O[C@@H](C)[C@H](O)[C@@H](O)[C@H]5O)[C@@H](O)[C@H](O)[C@H]4O[C@@H]4O[C@@H](C)[C@H](O)[C@@H](O)[C@H]4O)cc3o2)cc1. The number of aliphatic hydroxyl groups excluding tert-OH is 8. The van der Waals surface area contributed by atoms with Gasteiger partial charge in [-0.15, -0.1) is 0 Å². The Morgan fingerprint density at radius 1 is 0.673 bits per heavy atom. The highest BCUT2D eigenvalue weighted by molar-refractivity contribution is 5.86. The molecular formula is C34H42O18. The van der Waals surface area contributed by atoms with E-state index in [0.29, 0.717) is 11.3 Å². The maximum absolute atomic E-state index is 13.1. The Morgan fingerprint density at radius 2 is 1.29 bits per heavy atom. The van der Waals surface area contributed by atoms with Gasteiger partial charge in [-0.2, -0.15) is 0 Å². The second-order valence-electron chi connectivity index (χ2n) is 13.0. The molecule has 3 aliphatic heterocycles. The maximum Gasteiger partial charge on any atom is 0.229 e. The highest BCUT2D eigenvalue weighted by atomic mass is 16.8. The smallest absolute Gasteiger partial charge is 0.229 e. The molecule has 3 aliphatic rings. The first-order chi connectivity index (χ1) is 24.7. The molecule has 52 heavy (non-hydrogen) atoms. The standard InChI is InChI=1S/C34H42O18/c1-12-23(37)26(40)29(43)32(47-12)46-11-21-25(39)28(42)31(52-33-30(44)27(41)24(38)13(2)48-33)34(51-21)49-16-8-17(35)22-18(36)10-19(50-20(22)9-16)14-4-6-15(45-3)7-5-14/h4-10,12-13,21,23-35,37-44H,11H2,1-3H3/t12-,13-,21+,23-,24-,25+,26+,27+,28-,29+,30+,31+,32+,33-,34+/m0/s1. The first-order valence-corrected chi connectivity index (χ1v) is 16.5. The average molecular weight is 739 g/mol. The Morgan fingerprint density at radius 3 is 1.92 bits per heavy atom. The van der Waals surface area contributed by atoms with Gasteiger partial charge in [0.15, 0.2) is 24.1 Å². The molecular weight excluding hydrogens is 696 g/mol. The van der Waals surface area contributed by atoms with Crippen molar-refractivity contribution in [1.82, 2.24) is 0 Å². The van der Waals surface area contributed by atoms with Gasteiger partial charge in [0.2, 0.25) is 6.29 Å². The monoisotopic (exact) mass is 738 g/mol. The molecule has 0 amide bonds. The number of aliphatic hydroxyl groups is 8. The molecule has 3 aromatic rings. The Labute approximate surface area is 295 Å². The molecule has 18 nitrogen and oxygen atoms in total. The van der Waals surface area contributed by atoms with Gasteiger partial charge < -0.3 is 83.5 Å². The Bertz CT molecular complexity index is 1730. The molecule has 2 aromatic carbocycles. The number of benzene rings is 2. The largest absolute Gasteiger partial charge is 0.507 e. The lowest BCUT2D eigenvalue weighted by Gasteiger charge is -2.46. The fraction of sp³-hybridized carbons (Fsp3) is 0.559. The van der Waals surface area contributed by atoms with E-state index in [4.69, 9.17) is 37.6 Å². The number of aromatic hydroxyl groups is 1. The van der Waals surface area contributed by atoms with Gasteiger partial charge in [0.05, 0.1) is 25.9 Å². The number of phenols is 1. The van der Waals surface area contributed by atoms with Crippen LogP contribution >= 0.6 is 0 Å². The Kier molecular flexibility index (Phi) is 11.4. The van der Waals surface area contributed by atoms with Crippen molar-refractivity contribution in [1.29, 1.82) is 0 Å². The summed E-state index contributed by atoms with van der Waals surface area (Å²) < 4.78 is 45.5. The molecule has 1 aromatic heterocycles. The molecule has 0 saturated carbocycles. The van der Waals surface area contributed by atoms with Gasteiger partial charge in [0.1, 0.15) is 88.9 Å². The third-order valence-electron chi connectivity index (χ3n) is 9.39. The molecule has 0 aliphatic carbocycles. The molecule has 4 heterocycles. The maximum atomic E-state index is 13.1. The van der Waals surface area contributed by atoms with Crippen LogP contribution < -0.4 is 14.9 Å². The van der Waals surface area contributed by atoms with E-state index in [-0.39, 0.29) is 22.5 Å². The quantitative estimate of drug-likeness (QED) is 0.115. The highest BCUT2D eigenvalue weighted by Gasteiger charge is 2.52. The van der Waals surface area contributed by atoms with Crippen molar-refractivity contribution in [2.75, 3.05) is 13.7 Å². The second kappa shape index (κ2) is 15.5. The van der Waals surface area contributed by atoms with Gasteiger partial charge in [0.25, 0.3) is 0 Å². The van der Waals surface area contributed by atoms with Crippen LogP contribution in [0.2, 0.25) is 0 Å². The summed E-state index contributed by atoms with van der Waals surface area (Å²) in [5.41, 5.74) is -0.151. The Hall–Kier alpha value is -3.47. The normalized spacial score (nSPS) is 38.2. The lowest BCUT2D eigenvalue weighted by molar-refractivity contribution is -0.360. The van der Waals surface area contributed by atoms with Gasteiger partial charge in [-0.05, 0) is 38.1 Å². The predicted molar refractivity (Wildman–Crippen MR) is 173 cm³/mol. The third-order valence-corrected chi connectivity index (χ3v) is 9.39. The van der Waals surface area contributed by atoms with Crippen molar-refractivity contribution < 1.29 is 83.5 Å². The number of phenolic OH excluding ortho intramolecular Hbond substituents is 1. The zero-order chi connectivity index (χ0) is 37.6. The van der Waals surface area contributed by atoms with E-state index in [9.17, 15) is 50.8 Å². The Balaban J connectivity index is 1.30. The first-order valence-electron chi connectivity index (χ1n) is 16.5. The van der Waals surface area contributed by atoms with Crippen molar-refractivity contribution in [3.05, 3.63) is 52.7 Å². The van der Waals surface area contributed by atoms with Crippen molar-refractivity contribution in [2.24, 2.45) is 0 Å². The van der Waals surface area contributed by atoms with Crippen LogP contribution in [0.1, 0.15) is 13.8 Å². The summed E-state index contributed by atoms with van der Waals surface area (Å²) in [6, 6.07) is 10.2. The van der Waals surface area contributed by atoms with Gasteiger partial charge in [-0.1, -0.05) is 0 Å². The van der Waals surface area contributed by atoms with Crippen LogP contribution in [0.15, 0.2) is 51.7 Å². The summed E-state index contributed by atoms with van der Waals surface area (Å²) in [4.78, 5) is 13.1. The van der Waals surface area contributed by atoms with E-state index in [1.165, 1.54) is 33.1 Å². The molecule has 6 rings (SSSR count). The molecule has 0 bridgehead atoms. The van der Waals surface area contributed by atoms with Gasteiger partial charge in [0, 0.05) is 23.8 Å². The van der Waals surface area contributed by atoms with E-state index < -0.39 is 110 Å². The van der Waals surface area contributed by atoms with Gasteiger partial charge in [-0.3, -0.25) is 4.79 Å². The minimum absolute atomic E-state index is 0.0997. The summed E-state index contributed by atoms with van der Waals surface area (Å²) in [5.74, 6) is 0.0134. The zero-order valence-electron chi connectivity index (χ0n) is 28.1. The lowest BCUT2D eigenvalue weighted by Crippen LogP contribution is -2.65. The number of ether oxygens (including phenoxy) is 7. The van der Waals surface area contributed by atoms with Crippen LogP contribution in [0.4, 0.5) is 0 Å². The molecule has 3 fully saturated rings. The van der Waals surface area contributed by atoms with E-state index >= 15 is 0 Å². The third kappa shape index (κ3) is 7.48. The van der Waals surface area contributed by atoms with Gasteiger partial charge >= 0.3 is 0 Å². The van der Waals surface area contributed by atoms with Crippen molar-refractivity contribution in [3.63, 3.8) is 0 Å². The van der Waals surface area contributed by atoms with E-state index in [1.807, 2.05) is 0 Å². The number of hydrogen-bond donors (Lipinski definition) is 9. The second-order valence-corrected chi connectivity index (χ2v) is 13.0. The van der Waals surface area contributed by atoms with Gasteiger partial charge in [-0.25, -0.2) is 0 Å². The van der Waals surface area contributed by atoms with Crippen molar-refractivity contribution >= 4 is 11.0 Å². The van der Waals surface area contributed by atoms with E-state index in [0.717, 1.165) is 6.07 Å². The van der Waals surface area contributed by atoms with Crippen LogP contribution in [0.25, 0.3) is 22.3 Å². The van der Waals surface area contributed by atoms with Crippen LogP contribution in [0.3, 0.4) is 0 Å². The number of methoxy groups -OCH3 is 1. The zero-order valence-corrected chi connectivity index (χ0v) is 28.1. The summed E-state index contributed by atoms with van der Waals surface area (Å²) in [7, 11) is 1.50. The molecule has 286 valence electrons. The predicted octanol–water partition coefficient (Wildman–Crippen LogP) is -1.94. The molecule has 15 atom stereocenters. The topological polar surface area (TPSA) is 277 Å². The molecule has 0 radical (unpaired) electrons. The van der Waals surface area contributed by atoms with E-state index in [1.54, 1.807) is 24.3 Å². The van der Waals surface area contributed by atoms with Crippen LogP contribution in [-0.2, 0) is 23.7 Å². The first kappa shape index (κ1) is 38.3. The van der Waals surface area contributed by atoms with E-state index in [2.05, 4.69) is 0 Å². The fourth-order valence-corrected chi connectivity index (χ4v) is 6.25. The lowest BCUT2D eigenvalue weighted by atomic mass is 9.97. The van der Waals surface area contributed by atoms with Crippen LogP contribution in [0, 0.1) is 0 Å². The van der Waals surface area contributed by atoms with Crippen molar-refractivity contribution in [2.45, 2.75) is 106 Å². The summed E-state index contributed by atoms with van der Waals surface area (Å²) in [6.07, 6.45) is -23.3. The molecule has 3 saturated heterocycles. The minimum atomic E-state index is -1.88. The average Bonchev–Trinajstić information content (AvgIpc) is 3.12. The number of hydrogen-bond acceptors (Lipinski definition) is 18. The fourth-order valence-electron chi connectivity index (χ4n) is 6.25. The number of fused-ring (bicyclic) bond motifs is 1. The van der Waals surface area contributed by atoms with Crippen LogP contribution in [0.5, 0.6) is 17.2 Å². The molecule has 0 unspecified atom stereocenters. The van der Waals surface area contributed by atoms with Crippen molar-refractivity contribution in [3.8, 4) is 28.6 Å². The molecule has 0 spiro atoms. The number of rotatable bonds is 9. The minimum Gasteiger partial charge on any atom is -0.507 e. The molecule has 9 N–H and O–H groups in total. The summed E-state index contributed by atoms with van der Waals surface area (Å²) in [6.45, 7) is 2.28. The molecule has 18 heteroatoms. The summed E-state index contributed by atoms with van der Waals surface area (Å²) in [5, 5.41) is 94.8. The van der Waals surface area contributed by atoms with Crippen LogP contribution in [-0.4, -0.2) is 152 Å². The summed E-state index contributed by atoms with van der Waals surface area (Å²) >= 11 is 0.